The number of nitrogens with zero attached hydrogens (tertiary/aromatic N) is 2. The van der Waals surface area contributed by atoms with E-state index in [1.165, 1.54) is 30.5 Å². The summed E-state index contributed by atoms with van der Waals surface area (Å²) < 4.78 is 5.56. The number of nitro groups is 1. The number of carbonyl (C=O) groups is 1. The van der Waals surface area contributed by atoms with Gasteiger partial charge in [-0.1, -0.05) is 17.7 Å². The molecule has 136 valence electrons. The smallest absolute Gasteiger partial charge is 0.311 e. The molecule has 2 aromatic rings. The van der Waals surface area contributed by atoms with Crippen molar-refractivity contribution in [2.45, 2.75) is 6.92 Å². The Morgan fingerprint density at radius 3 is 2.88 bits per heavy atom. The van der Waals surface area contributed by atoms with E-state index in [-0.39, 0.29) is 17.2 Å². The quantitative estimate of drug-likeness (QED) is 0.403. The van der Waals surface area contributed by atoms with E-state index in [0.29, 0.717) is 20.6 Å². The number of hydrogen-bond donors (Lipinski definition) is 2. The lowest BCUT2D eigenvalue weighted by Crippen LogP contribution is -2.24. The van der Waals surface area contributed by atoms with Gasteiger partial charge in [0.15, 0.2) is 12.4 Å². The average molecular weight is 443 g/mol. The highest BCUT2D eigenvalue weighted by molar-refractivity contribution is 9.10. The minimum absolute atomic E-state index is 0.0175. The van der Waals surface area contributed by atoms with E-state index in [2.05, 4.69) is 26.5 Å². The van der Waals surface area contributed by atoms with Gasteiger partial charge in [-0.3, -0.25) is 14.9 Å². The summed E-state index contributed by atoms with van der Waals surface area (Å²) in [5.41, 5.74) is 2.96. The van der Waals surface area contributed by atoms with Gasteiger partial charge in [0.2, 0.25) is 0 Å². The topological polar surface area (TPSA) is 114 Å². The van der Waals surface area contributed by atoms with Crippen molar-refractivity contribution in [1.82, 2.24) is 5.43 Å². The lowest BCUT2D eigenvalue weighted by Gasteiger charge is -2.06. The zero-order chi connectivity index (χ0) is 19.3. The molecule has 0 saturated carbocycles. The third-order valence-corrected chi connectivity index (χ3v) is 3.94. The van der Waals surface area contributed by atoms with E-state index in [0.717, 1.165) is 0 Å². The highest BCUT2D eigenvalue weighted by Gasteiger charge is 2.16. The highest BCUT2D eigenvalue weighted by atomic mass is 79.9. The van der Waals surface area contributed by atoms with Crippen LogP contribution < -0.4 is 10.2 Å². The highest BCUT2D eigenvalue weighted by Crippen LogP contribution is 2.30. The van der Waals surface area contributed by atoms with Gasteiger partial charge >= 0.3 is 5.69 Å². The maximum atomic E-state index is 11.8. The lowest BCUT2D eigenvalue weighted by molar-refractivity contribution is -0.385. The fourth-order valence-electron chi connectivity index (χ4n) is 1.93. The van der Waals surface area contributed by atoms with E-state index >= 15 is 0 Å². The van der Waals surface area contributed by atoms with E-state index in [1.807, 2.05) is 0 Å². The number of ether oxygens (including phenoxy) is 1. The molecule has 0 radical (unpaired) electrons. The predicted molar refractivity (Wildman–Crippen MR) is 99.9 cm³/mol. The largest absolute Gasteiger partial charge is 0.506 e. The van der Waals surface area contributed by atoms with Gasteiger partial charge in [-0.15, -0.1) is 0 Å². The van der Waals surface area contributed by atoms with Crippen LogP contribution in [0, 0.1) is 17.0 Å². The number of halogens is 2. The molecule has 0 heterocycles. The Morgan fingerprint density at radius 2 is 2.19 bits per heavy atom. The van der Waals surface area contributed by atoms with E-state index < -0.39 is 17.4 Å². The molecular weight excluding hydrogens is 430 g/mol. The Morgan fingerprint density at radius 1 is 1.46 bits per heavy atom. The second-order valence-electron chi connectivity index (χ2n) is 5.14. The van der Waals surface area contributed by atoms with Crippen LogP contribution >= 0.6 is 27.5 Å². The van der Waals surface area contributed by atoms with Gasteiger partial charge < -0.3 is 9.84 Å². The maximum Gasteiger partial charge on any atom is 0.311 e. The molecule has 1 amide bonds. The van der Waals surface area contributed by atoms with Crippen molar-refractivity contribution in [1.29, 1.82) is 0 Å². The van der Waals surface area contributed by atoms with Crippen molar-refractivity contribution >= 4 is 45.3 Å². The summed E-state index contributed by atoms with van der Waals surface area (Å²) in [6, 6.07) is 7.38. The van der Waals surface area contributed by atoms with Gasteiger partial charge in [0.05, 0.1) is 15.6 Å². The Labute approximate surface area is 161 Å². The third kappa shape index (κ3) is 5.17. The number of aryl methyl sites for hydroxylation is 1. The molecule has 2 rings (SSSR count). The molecule has 0 fully saturated rings. The molecule has 0 aliphatic rings. The van der Waals surface area contributed by atoms with Gasteiger partial charge in [0, 0.05) is 16.7 Å². The fourth-order valence-corrected chi connectivity index (χ4v) is 2.76. The fraction of sp³-hybridized carbons (Fsp3) is 0.125. The van der Waals surface area contributed by atoms with Crippen molar-refractivity contribution in [3.8, 4) is 11.5 Å². The van der Waals surface area contributed by atoms with Gasteiger partial charge in [0.1, 0.15) is 5.75 Å². The van der Waals surface area contributed by atoms with Crippen molar-refractivity contribution < 1.29 is 19.6 Å². The first kappa shape index (κ1) is 19.7. The molecule has 0 bridgehead atoms. The van der Waals surface area contributed by atoms with Crippen LogP contribution in [-0.2, 0) is 4.79 Å². The molecule has 0 atom stereocenters. The zero-order valence-electron chi connectivity index (χ0n) is 13.4. The molecule has 0 spiro atoms. The van der Waals surface area contributed by atoms with E-state index in [1.54, 1.807) is 13.0 Å². The number of nitro benzene ring substituents is 1. The summed E-state index contributed by atoms with van der Waals surface area (Å²) in [5, 5.41) is 24.9. The Balaban J connectivity index is 1.97. The predicted octanol–water partition coefficient (Wildman–Crippen LogP) is 3.55. The summed E-state index contributed by atoms with van der Waals surface area (Å²) in [4.78, 5) is 22.2. The molecule has 10 heteroatoms. The van der Waals surface area contributed by atoms with Crippen LogP contribution in [-0.4, -0.2) is 28.8 Å². The summed E-state index contributed by atoms with van der Waals surface area (Å²) in [6.07, 6.45) is 1.21. The summed E-state index contributed by atoms with van der Waals surface area (Å²) in [6.45, 7) is 1.24. The zero-order valence-corrected chi connectivity index (χ0v) is 15.7. The number of hydrogen-bond acceptors (Lipinski definition) is 6. The molecule has 0 aromatic heterocycles. The summed E-state index contributed by atoms with van der Waals surface area (Å²) in [7, 11) is 0. The van der Waals surface area contributed by atoms with Crippen LogP contribution in [0.5, 0.6) is 11.5 Å². The van der Waals surface area contributed by atoms with Gasteiger partial charge in [-0.25, -0.2) is 5.43 Å². The number of phenolic OH excluding ortho intramolecular Hbond substituents is 1. The van der Waals surface area contributed by atoms with Gasteiger partial charge in [0.25, 0.3) is 5.91 Å². The van der Waals surface area contributed by atoms with Crippen molar-refractivity contribution in [2.75, 3.05) is 6.61 Å². The second kappa shape index (κ2) is 8.63. The second-order valence-corrected chi connectivity index (χ2v) is 6.43. The number of amides is 1. The number of nitrogens with one attached hydrogen (secondary N) is 1. The van der Waals surface area contributed by atoms with Crippen LogP contribution in [0.4, 0.5) is 5.69 Å². The average Bonchev–Trinajstić information content (AvgIpc) is 2.57. The summed E-state index contributed by atoms with van der Waals surface area (Å²) >= 11 is 9.00. The number of rotatable bonds is 6. The molecule has 8 nitrogen and oxygen atoms in total. The maximum absolute atomic E-state index is 11.8. The van der Waals surface area contributed by atoms with Gasteiger partial charge in [-0.2, -0.15) is 5.10 Å². The molecule has 0 saturated heterocycles. The molecular formula is C16H13BrClN3O5. The van der Waals surface area contributed by atoms with Crippen LogP contribution in [0.2, 0.25) is 5.02 Å². The Bertz CT molecular complexity index is 888. The summed E-state index contributed by atoms with van der Waals surface area (Å²) in [5.74, 6) is -0.730. The normalized spacial score (nSPS) is 10.7. The third-order valence-electron chi connectivity index (χ3n) is 3.12. The van der Waals surface area contributed by atoms with Crippen LogP contribution in [0.15, 0.2) is 39.9 Å². The van der Waals surface area contributed by atoms with Crippen LogP contribution in [0.1, 0.15) is 11.1 Å². The molecule has 2 N–H and O–H groups in total. The molecule has 26 heavy (non-hydrogen) atoms. The SMILES string of the molecule is Cc1ccc(OCC(=O)N/N=C/c2cc(Cl)cc(Br)c2O)c([N+](=O)[O-])c1. The van der Waals surface area contributed by atoms with E-state index in [4.69, 9.17) is 16.3 Å². The Hall–Kier alpha value is -2.65. The van der Waals surface area contributed by atoms with Crippen LogP contribution in [0.25, 0.3) is 0 Å². The molecule has 0 aliphatic heterocycles. The number of benzene rings is 2. The van der Waals surface area contributed by atoms with Gasteiger partial charge in [-0.05, 0) is 46.6 Å². The molecule has 0 aliphatic carbocycles. The number of aromatic hydroxyl groups is 1. The van der Waals surface area contributed by atoms with Crippen molar-refractivity contribution in [3.05, 3.63) is 61.1 Å². The number of carbonyl (C=O) groups excluding carboxylic acids is 1. The standard InChI is InChI=1S/C16H13BrClN3O5/c1-9-2-3-14(13(4-9)21(24)25)26-8-15(22)20-19-7-10-5-11(18)6-12(17)16(10)23/h2-7,23H,8H2,1H3,(H,20,22)/b19-7+. The molecule has 2 aromatic carbocycles. The lowest BCUT2D eigenvalue weighted by atomic mass is 10.2. The Kier molecular flexibility index (Phi) is 6.53. The van der Waals surface area contributed by atoms with Crippen molar-refractivity contribution in [2.24, 2.45) is 5.10 Å². The monoisotopic (exact) mass is 441 g/mol. The van der Waals surface area contributed by atoms with Crippen molar-refractivity contribution in [3.63, 3.8) is 0 Å². The minimum Gasteiger partial charge on any atom is -0.506 e. The van der Waals surface area contributed by atoms with E-state index in [9.17, 15) is 20.0 Å². The minimum atomic E-state index is -0.628. The molecule has 0 unspecified atom stereocenters. The number of phenols is 1. The first-order valence-electron chi connectivity index (χ1n) is 7.15. The first-order chi connectivity index (χ1) is 12.3. The first-order valence-corrected chi connectivity index (χ1v) is 8.32. The van der Waals surface area contributed by atoms with Crippen LogP contribution in [0.3, 0.4) is 0 Å². The number of hydrazone groups is 1.